The molecule has 0 radical (unpaired) electrons. The van der Waals surface area contributed by atoms with Crippen LogP contribution in [0.4, 0.5) is 0 Å². The van der Waals surface area contributed by atoms with E-state index in [1.807, 2.05) is 0 Å². The number of nitrogens with one attached hydrogen (secondary N) is 3. The van der Waals surface area contributed by atoms with Crippen molar-refractivity contribution in [2.45, 2.75) is 114 Å². The number of carbonyl (C=O) groups is 5. The van der Waals surface area contributed by atoms with Gasteiger partial charge in [-0.25, -0.2) is 9.86 Å². The third kappa shape index (κ3) is 14.8. The number of allylic oxidation sites excluding steroid dienone is 1. The molecule has 17 nitrogen and oxygen atoms in total. The van der Waals surface area contributed by atoms with Crippen LogP contribution in [0.15, 0.2) is 36.4 Å². The van der Waals surface area contributed by atoms with Crippen molar-refractivity contribution >= 4 is 29.7 Å². The van der Waals surface area contributed by atoms with Crippen molar-refractivity contribution in [2.75, 3.05) is 26.3 Å². The highest BCUT2D eigenvalue weighted by Gasteiger charge is 2.34. The van der Waals surface area contributed by atoms with E-state index in [1.165, 1.54) is 12.1 Å². The minimum absolute atomic E-state index is 0.00727. The molecule has 2 aliphatic heterocycles. The third-order valence-corrected chi connectivity index (χ3v) is 8.75. The summed E-state index contributed by atoms with van der Waals surface area (Å²) in [4.78, 5) is 61.7. The molecule has 2 aliphatic rings. The summed E-state index contributed by atoms with van der Waals surface area (Å²) in [5.74, 6) is -3.32. The van der Waals surface area contributed by atoms with E-state index in [-0.39, 0.29) is 51.3 Å². The number of carboxylic acid groups (broad SMARTS) is 1. The van der Waals surface area contributed by atoms with Gasteiger partial charge in [0.2, 0.25) is 11.8 Å². The van der Waals surface area contributed by atoms with Gasteiger partial charge in [-0.15, -0.1) is 0 Å². The Morgan fingerprint density at radius 3 is 2.62 bits per heavy atom. The molecule has 0 bridgehead atoms. The minimum Gasteiger partial charge on any atom is -0.508 e. The number of hydrogen-bond acceptors (Lipinski definition) is 13. The largest absolute Gasteiger partial charge is 0.508 e. The number of unbranched alkanes of at least 4 members (excludes halogenated alkanes) is 5. The van der Waals surface area contributed by atoms with Crippen molar-refractivity contribution in [1.29, 1.82) is 0 Å². The average molecular weight is 736 g/mol. The van der Waals surface area contributed by atoms with Crippen molar-refractivity contribution in [3.05, 3.63) is 42.0 Å². The number of phenols is 1. The number of amides is 3. The summed E-state index contributed by atoms with van der Waals surface area (Å²) in [5.41, 5.74) is 0.447. The molecule has 290 valence electrons. The fraction of sp³-hybridized carbons (Fsp3) is 0.629. The number of benzene rings is 1. The number of hydrogen-bond donors (Lipinski definition) is 8. The lowest BCUT2D eigenvalue weighted by atomic mass is 10.1. The predicted molar refractivity (Wildman–Crippen MR) is 183 cm³/mol. The summed E-state index contributed by atoms with van der Waals surface area (Å²) >= 11 is 0. The zero-order valence-corrected chi connectivity index (χ0v) is 29.4. The van der Waals surface area contributed by atoms with Gasteiger partial charge in [0, 0.05) is 25.1 Å². The van der Waals surface area contributed by atoms with Gasteiger partial charge in [0.25, 0.3) is 5.91 Å². The molecule has 0 spiro atoms. The van der Waals surface area contributed by atoms with Crippen LogP contribution in [-0.2, 0) is 33.4 Å². The topological polar surface area (TPSA) is 248 Å². The molecule has 5 unspecified atom stereocenters. The van der Waals surface area contributed by atoms with Crippen LogP contribution in [0.25, 0.3) is 0 Å². The molecule has 17 heteroatoms. The molecular formula is C35H53N5O12. The van der Waals surface area contributed by atoms with Crippen LogP contribution in [0.2, 0.25) is 0 Å². The number of carboxylic acids is 1. The minimum atomic E-state index is -1.25. The molecule has 3 amide bonds. The number of ether oxygens (including phenoxy) is 2. The Kier molecular flexibility index (Phi) is 18.5. The van der Waals surface area contributed by atoms with Gasteiger partial charge in [-0.3, -0.25) is 29.7 Å². The first-order valence-electron chi connectivity index (χ1n) is 17.9. The predicted octanol–water partition coefficient (Wildman–Crippen LogP) is 1.85. The summed E-state index contributed by atoms with van der Waals surface area (Å²) in [7, 11) is 0. The maximum Gasteiger partial charge on any atom is 0.328 e. The van der Waals surface area contributed by atoms with Crippen LogP contribution < -0.4 is 16.0 Å². The number of aromatic hydroxyl groups is 1. The number of hydroxylamine groups is 4. The van der Waals surface area contributed by atoms with Crippen molar-refractivity contribution < 1.29 is 59.2 Å². The van der Waals surface area contributed by atoms with Crippen LogP contribution >= 0.6 is 0 Å². The number of aliphatic carboxylic acids is 1. The second kappa shape index (κ2) is 22.7. The van der Waals surface area contributed by atoms with Gasteiger partial charge in [0.15, 0.2) is 0 Å². The highest BCUT2D eigenvalue weighted by Crippen LogP contribution is 2.28. The second-order valence-corrected chi connectivity index (χ2v) is 12.9. The fourth-order valence-corrected chi connectivity index (χ4v) is 5.77. The molecule has 0 aliphatic carbocycles. The molecule has 8 N–H and O–H groups in total. The number of carbonyl (C=O) groups excluding carboxylic acids is 4. The van der Waals surface area contributed by atoms with Crippen molar-refractivity contribution in [3.8, 4) is 5.75 Å². The van der Waals surface area contributed by atoms with Crippen LogP contribution in [-0.4, -0.2) is 116 Å². The molecule has 2 saturated heterocycles. The number of aliphatic hydroxyl groups excluding tert-OH is 1. The van der Waals surface area contributed by atoms with E-state index < -0.39 is 60.2 Å². The molecule has 2 fully saturated rings. The van der Waals surface area contributed by atoms with Crippen LogP contribution in [0, 0.1) is 0 Å². The van der Waals surface area contributed by atoms with Gasteiger partial charge in [-0.2, -0.15) is 5.06 Å². The fourth-order valence-electron chi connectivity index (χ4n) is 5.77. The lowest BCUT2D eigenvalue weighted by Gasteiger charge is -2.22. The highest BCUT2D eigenvalue weighted by atomic mass is 16.5. The van der Waals surface area contributed by atoms with E-state index >= 15 is 0 Å². The number of para-hydroxylation sites is 1. The maximum absolute atomic E-state index is 13.2. The van der Waals surface area contributed by atoms with Gasteiger partial charge in [-0.05, 0) is 69.9 Å². The molecule has 0 saturated carbocycles. The number of rotatable bonds is 22. The van der Waals surface area contributed by atoms with Crippen LogP contribution in [0.3, 0.4) is 0 Å². The zero-order chi connectivity index (χ0) is 37.9. The molecule has 1 aromatic rings. The summed E-state index contributed by atoms with van der Waals surface area (Å²) in [6, 6.07) is 3.66. The van der Waals surface area contributed by atoms with Crippen molar-refractivity contribution in [3.63, 3.8) is 0 Å². The summed E-state index contributed by atoms with van der Waals surface area (Å²) in [6.07, 6.45) is 7.24. The second-order valence-electron chi connectivity index (χ2n) is 12.9. The average Bonchev–Trinajstić information content (AvgIpc) is 3.55. The molecule has 0 aromatic heterocycles. The molecule has 1 aromatic carbocycles. The van der Waals surface area contributed by atoms with E-state index in [0.29, 0.717) is 55.6 Å². The summed E-state index contributed by atoms with van der Waals surface area (Å²) in [6.45, 7) is -0.122. The third-order valence-electron chi connectivity index (χ3n) is 8.75. The normalized spacial score (nSPS) is 20.4. The first-order valence-corrected chi connectivity index (χ1v) is 17.9. The Balaban J connectivity index is 1.48. The number of aliphatic hydroxyl groups is 1. The van der Waals surface area contributed by atoms with E-state index in [2.05, 4.69) is 16.0 Å². The number of esters is 1. The Morgan fingerprint density at radius 1 is 1.08 bits per heavy atom. The molecule has 5 atom stereocenters. The molecule has 52 heavy (non-hydrogen) atoms. The lowest BCUT2D eigenvalue weighted by molar-refractivity contribution is -0.177. The van der Waals surface area contributed by atoms with E-state index in [9.17, 15) is 44.6 Å². The Labute approximate surface area is 302 Å². The number of phenolic OH excluding ortho intramolecular Hbond substituents is 1. The van der Waals surface area contributed by atoms with E-state index in [1.54, 1.807) is 24.3 Å². The molecular weight excluding hydrogens is 682 g/mol. The lowest BCUT2D eigenvalue weighted by Crippen LogP contribution is -2.50. The van der Waals surface area contributed by atoms with Gasteiger partial charge >= 0.3 is 11.9 Å². The smallest absolute Gasteiger partial charge is 0.328 e. The van der Waals surface area contributed by atoms with Gasteiger partial charge in [-0.1, -0.05) is 37.1 Å². The van der Waals surface area contributed by atoms with Crippen molar-refractivity contribution in [2.24, 2.45) is 0 Å². The highest BCUT2D eigenvalue weighted by molar-refractivity contribution is 5.89. The quantitative estimate of drug-likeness (QED) is 0.0212. The zero-order valence-electron chi connectivity index (χ0n) is 29.4. The molecule has 3 rings (SSSR count). The van der Waals surface area contributed by atoms with Gasteiger partial charge < -0.3 is 40.6 Å². The number of nitrogens with zero attached hydrogens (tertiary/aromatic N) is 2. The van der Waals surface area contributed by atoms with E-state index in [0.717, 1.165) is 24.3 Å². The SMILES string of the molecule is O=C(O)CCCCCCC=CC(O)N(O)CCCCC(NC(=O)C1COC(c2ccccc2O)N1)C(=O)OCCC(=O)NC1CCCCN(O)C1=O. The van der Waals surface area contributed by atoms with Gasteiger partial charge in [0.05, 0.1) is 13.0 Å². The van der Waals surface area contributed by atoms with Crippen LogP contribution in [0.5, 0.6) is 5.75 Å². The maximum atomic E-state index is 13.2. The van der Waals surface area contributed by atoms with Crippen LogP contribution in [0.1, 0.15) is 95.3 Å². The molecule has 2 heterocycles. The van der Waals surface area contributed by atoms with E-state index in [4.69, 9.17) is 14.6 Å². The first kappa shape index (κ1) is 42.3. The van der Waals surface area contributed by atoms with Gasteiger partial charge in [0.1, 0.15) is 42.9 Å². The Morgan fingerprint density at radius 2 is 1.85 bits per heavy atom. The summed E-state index contributed by atoms with van der Waals surface area (Å²) < 4.78 is 11.0. The monoisotopic (exact) mass is 735 g/mol. The first-order chi connectivity index (χ1) is 25.0. The summed E-state index contributed by atoms with van der Waals surface area (Å²) in [5, 5.41) is 58.7. The standard InChI is InChI=1S/C35H53N5O12/c41-28-16-8-7-13-24(28)33-38-27(23-52-33)32(46)37-26(35(48)51-22-19-29(42)36-25-14-9-12-21-40(50)34(25)47)15-10-11-20-39(49)30(43)17-5-3-1-2-4-6-18-31(44)45/h5,7-8,13,16-17,25-27,30,33,38,41,43,49-50H,1-4,6,9-12,14-15,18-23H2,(H,36,42)(H,37,46)(H,44,45). The van der Waals surface area contributed by atoms with Crippen molar-refractivity contribution in [1.82, 2.24) is 26.1 Å². The Hall–Kier alpha value is -4.13. The Bertz CT molecular complexity index is 1350.